The number of aromatic nitrogens is 1. The molecule has 0 aliphatic rings. The molecule has 0 spiro atoms. The fourth-order valence-electron chi connectivity index (χ4n) is 1.45. The van der Waals surface area contributed by atoms with Crippen molar-refractivity contribution >= 4 is 15.9 Å². The van der Waals surface area contributed by atoms with Crippen LogP contribution in [0.1, 0.15) is 12.1 Å². The van der Waals surface area contributed by atoms with E-state index in [4.69, 9.17) is 0 Å². The SMILES string of the molecule is CNCCCN(C)S(=O)(=O)Nc1ccc(C(F)(F)F)nc1. The number of halogens is 3. The van der Waals surface area contributed by atoms with Crippen molar-refractivity contribution in [1.29, 1.82) is 0 Å². The van der Waals surface area contributed by atoms with E-state index in [0.717, 1.165) is 22.6 Å². The summed E-state index contributed by atoms with van der Waals surface area (Å²) < 4.78 is 64.1. The lowest BCUT2D eigenvalue weighted by atomic mass is 10.3. The van der Waals surface area contributed by atoms with Crippen LogP contribution < -0.4 is 10.0 Å². The number of hydrogen-bond acceptors (Lipinski definition) is 4. The van der Waals surface area contributed by atoms with E-state index >= 15 is 0 Å². The van der Waals surface area contributed by atoms with Crippen LogP contribution in [0.25, 0.3) is 0 Å². The summed E-state index contributed by atoms with van der Waals surface area (Å²) >= 11 is 0. The summed E-state index contributed by atoms with van der Waals surface area (Å²) in [7, 11) is -0.673. The van der Waals surface area contributed by atoms with Crippen molar-refractivity contribution < 1.29 is 21.6 Å². The van der Waals surface area contributed by atoms with Crippen molar-refractivity contribution in [2.75, 3.05) is 31.9 Å². The number of anilines is 1. The number of hydrogen-bond donors (Lipinski definition) is 2. The summed E-state index contributed by atoms with van der Waals surface area (Å²) in [5.74, 6) is 0. The Labute approximate surface area is 121 Å². The second-order valence-corrected chi connectivity index (χ2v) is 6.09. The highest BCUT2D eigenvalue weighted by Gasteiger charge is 2.32. The molecule has 0 radical (unpaired) electrons. The van der Waals surface area contributed by atoms with Crippen molar-refractivity contribution in [3.8, 4) is 0 Å². The molecule has 2 N–H and O–H groups in total. The molecule has 120 valence electrons. The second-order valence-electron chi connectivity index (χ2n) is 4.32. The monoisotopic (exact) mass is 326 g/mol. The minimum atomic E-state index is -4.55. The summed E-state index contributed by atoms with van der Waals surface area (Å²) in [6.07, 6.45) is -3.11. The van der Waals surface area contributed by atoms with Gasteiger partial charge >= 0.3 is 16.4 Å². The predicted molar refractivity (Wildman–Crippen MR) is 73.0 cm³/mol. The van der Waals surface area contributed by atoms with Crippen LogP contribution in [0, 0.1) is 0 Å². The maximum absolute atomic E-state index is 12.3. The fourth-order valence-corrected chi connectivity index (χ4v) is 2.39. The average molecular weight is 326 g/mol. The Morgan fingerprint density at radius 3 is 2.48 bits per heavy atom. The van der Waals surface area contributed by atoms with Gasteiger partial charge in [-0.25, -0.2) is 4.98 Å². The number of alkyl halides is 3. The van der Waals surface area contributed by atoms with Crippen molar-refractivity contribution in [2.24, 2.45) is 0 Å². The van der Waals surface area contributed by atoms with Crippen LogP contribution in [0.2, 0.25) is 0 Å². The first-order valence-corrected chi connectivity index (χ1v) is 7.53. The molecule has 10 heteroatoms. The number of nitrogens with zero attached hydrogens (tertiary/aromatic N) is 2. The van der Waals surface area contributed by atoms with E-state index in [1.165, 1.54) is 7.05 Å². The highest BCUT2D eigenvalue weighted by atomic mass is 32.2. The molecule has 0 atom stereocenters. The average Bonchev–Trinajstić information content (AvgIpc) is 2.38. The lowest BCUT2D eigenvalue weighted by Crippen LogP contribution is -2.34. The zero-order valence-electron chi connectivity index (χ0n) is 11.6. The van der Waals surface area contributed by atoms with Gasteiger partial charge in [0.2, 0.25) is 0 Å². The third-order valence-corrected chi connectivity index (χ3v) is 4.11. The first-order chi connectivity index (χ1) is 9.66. The standard InChI is InChI=1S/C11H17F3N4O2S/c1-15-6-3-7-18(2)21(19,20)17-9-4-5-10(16-8-9)11(12,13)14/h4-5,8,15,17H,3,6-7H2,1-2H3. The van der Waals surface area contributed by atoms with Gasteiger partial charge in [-0.1, -0.05) is 0 Å². The highest BCUT2D eigenvalue weighted by Crippen LogP contribution is 2.27. The molecule has 21 heavy (non-hydrogen) atoms. The topological polar surface area (TPSA) is 74.3 Å². The number of rotatable bonds is 7. The Morgan fingerprint density at radius 1 is 1.33 bits per heavy atom. The summed E-state index contributed by atoms with van der Waals surface area (Å²) in [5.41, 5.74) is -1.10. The van der Waals surface area contributed by atoms with Crippen molar-refractivity contribution in [2.45, 2.75) is 12.6 Å². The number of pyridine rings is 1. The summed E-state index contributed by atoms with van der Waals surface area (Å²) in [4.78, 5) is 3.19. The van der Waals surface area contributed by atoms with Crippen molar-refractivity contribution in [3.05, 3.63) is 24.0 Å². The van der Waals surface area contributed by atoms with Crippen LogP contribution in [0.15, 0.2) is 18.3 Å². The van der Waals surface area contributed by atoms with Crippen LogP contribution in [0.4, 0.5) is 18.9 Å². The van der Waals surface area contributed by atoms with E-state index in [2.05, 4.69) is 15.0 Å². The molecule has 0 aliphatic carbocycles. The molecule has 1 rings (SSSR count). The Balaban J connectivity index is 2.71. The van der Waals surface area contributed by atoms with E-state index in [9.17, 15) is 21.6 Å². The molecule has 0 bridgehead atoms. The maximum atomic E-state index is 12.3. The van der Waals surface area contributed by atoms with Gasteiger partial charge in [0.25, 0.3) is 0 Å². The van der Waals surface area contributed by atoms with Crippen LogP contribution in [0.5, 0.6) is 0 Å². The number of nitrogens with one attached hydrogen (secondary N) is 2. The van der Waals surface area contributed by atoms with Gasteiger partial charge in [0.15, 0.2) is 0 Å². The molecule has 6 nitrogen and oxygen atoms in total. The maximum Gasteiger partial charge on any atom is 0.433 e. The van der Waals surface area contributed by atoms with Gasteiger partial charge in [-0.15, -0.1) is 0 Å². The zero-order valence-corrected chi connectivity index (χ0v) is 12.4. The first kappa shape index (κ1) is 17.7. The van der Waals surface area contributed by atoms with Gasteiger partial charge in [0.05, 0.1) is 11.9 Å². The van der Waals surface area contributed by atoms with E-state index in [0.29, 0.717) is 13.0 Å². The smallest absolute Gasteiger partial charge is 0.320 e. The molecule has 0 amide bonds. The van der Waals surface area contributed by atoms with Crippen LogP contribution >= 0.6 is 0 Å². The Hall–Kier alpha value is -1.39. The molecule has 1 aromatic heterocycles. The summed E-state index contributed by atoms with van der Waals surface area (Å²) in [5, 5.41) is 2.89. The summed E-state index contributed by atoms with van der Waals surface area (Å²) in [6.45, 7) is 0.936. The van der Waals surface area contributed by atoms with Gasteiger partial charge in [-0.05, 0) is 32.1 Å². The van der Waals surface area contributed by atoms with Crippen molar-refractivity contribution in [3.63, 3.8) is 0 Å². The largest absolute Gasteiger partial charge is 0.433 e. The molecule has 0 saturated carbocycles. The van der Waals surface area contributed by atoms with Crippen LogP contribution in [0.3, 0.4) is 0 Å². The normalized spacial score (nSPS) is 12.7. The molecule has 0 unspecified atom stereocenters. The van der Waals surface area contributed by atoms with Crippen molar-refractivity contribution in [1.82, 2.24) is 14.6 Å². The molecular formula is C11H17F3N4O2S. The molecule has 1 heterocycles. The van der Waals surface area contributed by atoms with E-state index in [-0.39, 0.29) is 12.2 Å². The molecule has 1 aromatic rings. The Bertz CT molecular complexity index is 546. The van der Waals surface area contributed by atoms with Gasteiger partial charge in [0, 0.05) is 13.6 Å². The Morgan fingerprint density at radius 2 is 2.00 bits per heavy atom. The van der Waals surface area contributed by atoms with Crippen LogP contribution in [-0.2, 0) is 16.4 Å². The van der Waals surface area contributed by atoms with E-state index < -0.39 is 22.1 Å². The minimum Gasteiger partial charge on any atom is -0.320 e. The summed E-state index contributed by atoms with van der Waals surface area (Å²) in [6, 6.07) is 1.74. The van der Waals surface area contributed by atoms with Gasteiger partial charge < -0.3 is 5.32 Å². The molecular weight excluding hydrogens is 309 g/mol. The van der Waals surface area contributed by atoms with E-state index in [1.807, 2.05) is 0 Å². The lowest BCUT2D eigenvalue weighted by Gasteiger charge is -2.18. The Kier molecular flexibility index (Phi) is 5.93. The van der Waals surface area contributed by atoms with Gasteiger partial charge in [-0.2, -0.15) is 25.9 Å². The quantitative estimate of drug-likeness (QED) is 0.741. The van der Waals surface area contributed by atoms with Gasteiger partial charge in [-0.3, -0.25) is 4.72 Å². The molecule has 0 saturated heterocycles. The predicted octanol–water partition coefficient (Wildman–Crippen LogP) is 1.30. The molecule has 0 aromatic carbocycles. The molecule has 0 fully saturated rings. The minimum absolute atomic E-state index is 0.0246. The second kappa shape index (κ2) is 7.05. The third-order valence-electron chi connectivity index (χ3n) is 2.61. The zero-order chi connectivity index (χ0) is 16.1. The highest BCUT2D eigenvalue weighted by molar-refractivity contribution is 7.90. The third kappa shape index (κ3) is 5.48. The fraction of sp³-hybridized carbons (Fsp3) is 0.545. The van der Waals surface area contributed by atoms with Gasteiger partial charge in [0.1, 0.15) is 5.69 Å². The first-order valence-electron chi connectivity index (χ1n) is 6.09. The molecule has 0 aliphatic heterocycles. The van der Waals surface area contributed by atoms with Crippen LogP contribution in [-0.4, -0.2) is 44.9 Å². The van der Waals surface area contributed by atoms with E-state index in [1.54, 1.807) is 7.05 Å². The lowest BCUT2D eigenvalue weighted by molar-refractivity contribution is -0.141.